The molecule has 2 amide bonds. The van der Waals surface area contributed by atoms with Crippen molar-refractivity contribution >= 4 is 40.6 Å². The van der Waals surface area contributed by atoms with Gasteiger partial charge >= 0.3 is 6.18 Å². The van der Waals surface area contributed by atoms with E-state index in [9.17, 15) is 22.8 Å². The van der Waals surface area contributed by atoms with Crippen molar-refractivity contribution in [1.29, 1.82) is 0 Å². The van der Waals surface area contributed by atoms with Gasteiger partial charge in [0.15, 0.2) is 4.34 Å². The number of likely N-dealkylation sites (tertiary alicyclic amines) is 1. The zero-order valence-corrected chi connectivity index (χ0v) is 14.8. The van der Waals surface area contributed by atoms with Gasteiger partial charge in [-0.05, 0) is 24.3 Å². The van der Waals surface area contributed by atoms with E-state index in [1.54, 1.807) is 29.8 Å². The third-order valence-corrected chi connectivity index (χ3v) is 5.41. The molecule has 0 bridgehead atoms. The molecule has 1 fully saturated rings. The first kappa shape index (κ1) is 18.6. The van der Waals surface area contributed by atoms with Crippen LogP contribution >= 0.6 is 23.1 Å². The third-order valence-electron chi connectivity index (χ3n) is 3.62. The molecule has 138 valence electrons. The van der Waals surface area contributed by atoms with E-state index in [4.69, 9.17) is 0 Å². The van der Waals surface area contributed by atoms with E-state index in [1.165, 1.54) is 23.1 Å². The number of benzene rings is 1. The molecule has 1 aromatic carbocycles. The molecule has 11 heteroatoms. The largest absolute Gasteiger partial charge is 0.406 e. The van der Waals surface area contributed by atoms with E-state index in [0.717, 1.165) is 9.24 Å². The van der Waals surface area contributed by atoms with Crippen LogP contribution in [0.2, 0.25) is 0 Å². The lowest BCUT2D eigenvalue weighted by molar-refractivity contribution is -0.157. The highest BCUT2D eigenvalue weighted by molar-refractivity contribution is 8.01. The van der Waals surface area contributed by atoms with Crippen molar-refractivity contribution in [3.63, 3.8) is 0 Å². The lowest BCUT2D eigenvalue weighted by atomic mass is 10.1. The minimum Gasteiger partial charge on any atom is -0.333 e. The zero-order valence-electron chi connectivity index (χ0n) is 13.2. The summed E-state index contributed by atoms with van der Waals surface area (Å²) in [6.07, 6.45) is -4.69. The molecule has 0 radical (unpaired) electrons. The molecule has 2 aromatic rings. The fourth-order valence-corrected chi connectivity index (χ4v) is 3.93. The Hall–Kier alpha value is -2.14. The summed E-state index contributed by atoms with van der Waals surface area (Å²) < 4.78 is 38.1. The molecule has 0 aliphatic carbocycles. The minimum atomic E-state index is -4.47. The number of hydrogen-bond acceptors (Lipinski definition) is 6. The number of carbonyl (C=O) groups is 2. The fraction of sp³-hybridized carbons (Fsp3) is 0.333. The molecule has 26 heavy (non-hydrogen) atoms. The monoisotopic (exact) mass is 402 g/mol. The summed E-state index contributed by atoms with van der Waals surface area (Å²) in [4.78, 5) is 25.5. The van der Waals surface area contributed by atoms with Crippen LogP contribution in [-0.2, 0) is 9.59 Å². The fourth-order valence-electron chi connectivity index (χ4n) is 2.48. The second-order valence-corrected chi connectivity index (χ2v) is 7.76. The number of nitrogens with zero attached hydrogens (tertiary/aromatic N) is 3. The highest BCUT2D eigenvalue weighted by atomic mass is 32.2. The average molecular weight is 402 g/mol. The summed E-state index contributed by atoms with van der Waals surface area (Å²) in [6.45, 7) is -1.55. The van der Waals surface area contributed by atoms with Gasteiger partial charge in [-0.2, -0.15) is 13.2 Å². The molecule has 0 saturated carbocycles. The number of anilines is 1. The number of aromatic nitrogens is 2. The maximum Gasteiger partial charge on any atom is 0.406 e. The third kappa shape index (κ3) is 4.94. The van der Waals surface area contributed by atoms with Crippen molar-refractivity contribution in [3.8, 4) is 0 Å². The molecule has 2 heterocycles. The molecular weight excluding hydrogens is 389 g/mol. The predicted octanol–water partition coefficient (Wildman–Crippen LogP) is 3.04. The molecule has 1 saturated heterocycles. The molecular formula is C15H13F3N4O2S2. The molecule has 3 rings (SSSR count). The van der Waals surface area contributed by atoms with Crippen LogP contribution in [0, 0.1) is 5.92 Å². The van der Waals surface area contributed by atoms with E-state index < -0.39 is 30.5 Å². The number of carbonyl (C=O) groups excluding carboxylic acids is 2. The van der Waals surface area contributed by atoms with Gasteiger partial charge in [-0.3, -0.25) is 9.59 Å². The Balaban J connectivity index is 1.55. The van der Waals surface area contributed by atoms with Gasteiger partial charge in [-0.1, -0.05) is 23.1 Å². The van der Waals surface area contributed by atoms with Crippen molar-refractivity contribution < 1.29 is 22.8 Å². The molecule has 1 atom stereocenters. The first-order valence-electron chi connectivity index (χ1n) is 7.49. The molecule has 1 aromatic heterocycles. The van der Waals surface area contributed by atoms with Crippen LogP contribution in [0.15, 0.2) is 39.0 Å². The van der Waals surface area contributed by atoms with Gasteiger partial charge < -0.3 is 10.2 Å². The van der Waals surface area contributed by atoms with Gasteiger partial charge in [0.25, 0.3) is 0 Å². The van der Waals surface area contributed by atoms with E-state index in [-0.39, 0.29) is 13.0 Å². The van der Waals surface area contributed by atoms with Gasteiger partial charge in [0.2, 0.25) is 11.8 Å². The Kier molecular flexibility index (Phi) is 5.47. The number of nitrogens with one attached hydrogen (secondary N) is 1. The van der Waals surface area contributed by atoms with Crippen molar-refractivity contribution in [2.45, 2.75) is 21.8 Å². The lowest BCUT2D eigenvalue weighted by Crippen LogP contribution is -2.36. The highest BCUT2D eigenvalue weighted by Gasteiger charge is 2.40. The van der Waals surface area contributed by atoms with Gasteiger partial charge in [0.05, 0.1) is 5.92 Å². The molecule has 1 N–H and O–H groups in total. The van der Waals surface area contributed by atoms with Crippen LogP contribution in [0.25, 0.3) is 0 Å². The van der Waals surface area contributed by atoms with E-state index in [1.807, 2.05) is 0 Å². The normalized spacial score (nSPS) is 17.6. The number of alkyl halides is 3. The van der Waals surface area contributed by atoms with Gasteiger partial charge in [-0.25, -0.2) is 0 Å². The van der Waals surface area contributed by atoms with Crippen LogP contribution in [-0.4, -0.2) is 46.2 Å². The Bertz CT molecular complexity index is 781. The van der Waals surface area contributed by atoms with Crippen LogP contribution in [0.5, 0.6) is 0 Å². The van der Waals surface area contributed by atoms with Crippen LogP contribution in [0.3, 0.4) is 0 Å². The van der Waals surface area contributed by atoms with Gasteiger partial charge in [0.1, 0.15) is 12.1 Å². The first-order valence-corrected chi connectivity index (χ1v) is 9.19. The smallest absolute Gasteiger partial charge is 0.333 e. The Labute approximate surface area is 154 Å². The predicted molar refractivity (Wildman–Crippen MR) is 89.8 cm³/mol. The summed E-state index contributed by atoms with van der Waals surface area (Å²) in [5.74, 6) is -1.92. The average Bonchev–Trinajstić information content (AvgIpc) is 3.18. The van der Waals surface area contributed by atoms with Crippen LogP contribution in [0.4, 0.5) is 18.9 Å². The number of rotatable bonds is 5. The van der Waals surface area contributed by atoms with E-state index >= 15 is 0 Å². The first-order chi connectivity index (χ1) is 12.3. The number of hydrogen-bond donors (Lipinski definition) is 1. The minimum absolute atomic E-state index is 0.215. The topological polar surface area (TPSA) is 75.2 Å². The second-order valence-electron chi connectivity index (χ2n) is 5.61. The summed E-state index contributed by atoms with van der Waals surface area (Å²) in [5, 5.41) is 10.3. The van der Waals surface area contributed by atoms with Crippen molar-refractivity contribution in [2.75, 3.05) is 18.4 Å². The maximum atomic E-state index is 12.4. The van der Waals surface area contributed by atoms with Crippen molar-refractivity contribution in [1.82, 2.24) is 15.1 Å². The molecule has 1 unspecified atom stereocenters. The van der Waals surface area contributed by atoms with Crippen LogP contribution < -0.4 is 5.32 Å². The Morgan fingerprint density at radius 1 is 1.35 bits per heavy atom. The van der Waals surface area contributed by atoms with Gasteiger partial charge in [-0.15, -0.1) is 10.2 Å². The Morgan fingerprint density at radius 2 is 2.08 bits per heavy atom. The zero-order chi connectivity index (χ0) is 18.7. The summed E-state index contributed by atoms with van der Waals surface area (Å²) in [5.41, 5.74) is 2.14. The SMILES string of the molecule is O=C(Nc1ccc(Sc2nncs2)cc1)C1CC(=O)N(CC(F)(F)F)C1. The number of halogens is 3. The lowest BCUT2D eigenvalue weighted by Gasteiger charge is -2.18. The van der Waals surface area contributed by atoms with Crippen LogP contribution in [0.1, 0.15) is 6.42 Å². The van der Waals surface area contributed by atoms with Crippen molar-refractivity contribution in [2.24, 2.45) is 5.92 Å². The van der Waals surface area contributed by atoms with E-state index in [0.29, 0.717) is 10.6 Å². The molecule has 0 spiro atoms. The molecule has 6 nitrogen and oxygen atoms in total. The summed E-state index contributed by atoms with van der Waals surface area (Å²) in [7, 11) is 0. The maximum absolute atomic E-state index is 12.4. The summed E-state index contributed by atoms with van der Waals surface area (Å²) >= 11 is 2.84. The van der Waals surface area contributed by atoms with Crippen molar-refractivity contribution in [3.05, 3.63) is 29.8 Å². The summed E-state index contributed by atoms with van der Waals surface area (Å²) in [6, 6.07) is 6.95. The molecule has 1 aliphatic heterocycles. The van der Waals surface area contributed by atoms with E-state index in [2.05, 4.69) is 15.5 Å². The van der Waals surface area contributed by atoms with Gasteiger partial charge in [0, 0.05) is 23.5 Å². The quantitative estimate of drug-likeness (QED) is 0.832. The standard InChI is InChI=1S/C15H13F3N4O2S2/c16-15(17,18)7-22-6-9(5-12(22)23)13(24)20-10-1-3-11(4-2-10)26-14-21-19-8-25-14/h1-4,8-9H,5-7H2,(H,20,24). The number of amides is 2. The molecule has 1 aliphatic rings. The second kappa shape index (κ2) is 7.62. The highest BCUT2D eigenvalue weighted by Crippen LogP contribution is 2.29. The Morgan fingerprint density at radius 3 is 2.69 bits per heavy atom.